The minimum Gasteiger partial charge on any atom is -0.376 e. The number of nitrogens with two attached hydrogens (primary N) is 2. The number of rotatable bonds is 3. The first-order valence-corrected chi connectivity index (χ1v) is 8.09. The van der Waals surface area contributed by atoms with Gasteiger partial charge >= 0.3 is 6.03 Å². The number of aliphatic hydroxyl groups is 1. The minimum absolute atomic E-state index is 0.226. The Morgan fingerprint density at radius 1 is 1.15 bits per heavy atom. The zero-order valence-electron chi connectivity index (χ0n) is 14.3. The van der Waals surface area contributed by atoms with Crippen LogP contribution in [-0.2, 0) is 10.3 Å². The second kappa shape index (κ2) is 6.30. The maximum Gasteiger partial charge on any atom is 0.316 e. The van der Waals surface area contributed by atoms with Gasteiger partial charge in [-0.3, -0.25) is 14.2 Å². The number of nitrogens with zero attached hydrogens (tertiary/aromatic N) is 2. The molecular formula is C19H18N4O4. The Bertz CT molecular complexity index is 1010. The third-order valence-corrected chi connectivity index (χ3v) is 4.82. The van der Waals surface area contributed by atoms with Crippen LogP contribution in [0.3, 0.4) is 0 Å². The Morgan fingerprint density at radius 2 is 1.81 bits per heavy atom. The van der Waals surface area contributed by atoms with E-state index in [0.717, 1.165) is 4.90 Å². The number of likely N-dealkylation sites (tertiary alicyclic amines) is 1. The van der Waals surface area contributed by atoms with Crippen molar-refractivity contribution in [2.75, 3.05) is 6.54 Å². The summed E-state index contributed by atoms with van der Waals surface area (Å²) in [6.07, 6.45) is 6.70. The van der Waals surface area contributed by atoms with Gasteiger partial charge in [0.1, 0.15) is 5.60 Å². The Morgan fingerprint density at radius 3 is 2.33 bits per heavy atom. The molecule has 0 spiro atoms. The van der Waals surface area contributed by atoms with Gasteiger partial charge in [0, 0.05) is 24.4 Å². The Hall–Kier alpha value is -3.57. The monoisotopic (exact) mass is 366 g/mol. The van der Waals surface area contributed by atoms with Crippen LogP contribution in [0.4, 0.5) is 4.79 Å². The molecule has 138 valence electrons. The first-order chi connectivity index (χ1) is 12.7. The van der Waals surface area contributed by atoms with Gasteiger partial charge in [-0.25, -0.2) is 4.79 Å². The molecule has 1 fully saturated rings. The van der Waals surface area contributed by atoms with Crippen LogP contribution in [-0.4, -0.2) is 38.7 Å². The van der Waals surface area contributed by atoms with Crippen molar-refractivity contribution in [2.24, 2.45) is 11.5 Å². The number of benzene rings is 1. The van der Waals surface area contributed by atoms with Crippen molar-refractivity contribution in [2.45, 2.75) is 17.6 Å². The molecule has 0 bridgehead atoms. The number of pyridine rings is 1. The fourth-order valence-electron chi connectivity index (χ4n) is 3.49. The molecule has 1 saturated heterocycles. The summed E-state index contributed by atoms with van der Waals surface area (Å²) in [6, 6.07) is 10.1. The van der Waals surface area contributed by atoms with Crippen molar-refractivity contribution in [3.8, 4) is 18.0 Å². The molecule has 0 saturated carbocycles. The van der Waals surface area contributed by atoms with Crippen molar-refractivity contribution in [3.63, 3.8) is 0 Å². The number of amides is 3. The van der Waals surface area contributed by atoms with Crippen molar-refractivity contribution >= 4 is 11.9 Å². The van der Waals surface area contributed by atoms with E-state index in [2.05, 4.69) is 5.92 Å². The molecule has 2 atom stereocenters. The molecule has 3 rings (SSSR count). The standard InChI is InChI=1S/C19H18N4O4/c1-2-18(27)11-19(16(20)25,23(12-18)17(21)26)13-6-8-14(9-7-13)22-10-4-3-5-15(22)24/h1,3-10,27H,11-12H2,(H2,20,25)(H2,21,26)/t18-,19-/m1/s1. The number of primary amides is 2. The van der Waals surface area contributed by atoms with Crippen molar-refractivity contribution in [3.05, 3.63) is 64.6 Å². The van der Waals surface area contributed by atoms with Crippen LogP contribution in [0.15, 0.2) is 53.5 Å². The van der Waals surface area contributed by atoms with E-state index >= 15 is 0 Å². The van der Waals surface area contributed by atoms with Gasteiger partial charge in [-0.05, 0) is 23.8 Å². The molecule has 1 aromatic heterocycles. The van der Waals surface area contributed by atoms with E-state index in [9.17, 15) is 19.5 Å². The van der Waals surface area contributed by atoms with E-state index in [4.69, 9.17) is 17.9 Å². The van der Waals surface area contributed by atoms with E-state index in [0.29, 0.717) is 11.3 Å². The van der Waals surface area contributed by atoms with Gasteiger partial charge in [-0.2, -0.15) is 0 Å². The summed E-state index contributed by atoms with van der Waals surface area (Å²) in [5, 5.41) is 10.5. The number of carbonyl (C=O) groups excluding carboxylic acids is 2. The second-order valence-corrected chi connectivity index (χ2v) is 6.46. The van der Waals surface area contributed by atoms with Gasteiger partial charge in [-0.1, -0.05) is 24.1 Å². The van der Waals surface area contributed by atoms with Crippen LogP contribution >= 0.6 is 0 Å². The lowest BCUT2D eigenvalue weighted by molar-refractivity contribution is -0.127. The number of carbonyl (C=O) groups is 2. The number of hydrogen-bond acceptors (Lipinski definition) is 4. The van der Waals surface area contributed by atoms with Crippen LogP contribution in [0.2, 0.25) is 0 Å². The molecule has 27 heavy (non-hydrogen) atoms. The average Bonchev–Trinajstić information content (AvgIpc) is 2.98. The molecular weight excluding hydrogens is 348 g/mol. The zero-order valence-corrected chi connectivity index (χ0v) is 14.3. The highest BCUT2D eigenvalue weighted by Crippen LogP contribution is 2.43. The SMILES string of the molecule is C#C[C@]1(O)CN(C(N)=O)[C@@](C(N)=O)(c2ccc(-n3ccccc3=O)cc2)C1. The van der Waals surface area contributed by atoms with Gasteiger partial charge in [0.25, 0.3) is 5.56 Å². The first-order valence-electron chi connectivity index (χ1n) is 8.09. The lowest BCUT2D eigenvalue weighted by atomic mass is 9.82. The molecule has 0 radical (unpaired) electrons. The summed E-state index contributed by atoms with van der Waals surface area (Å²) >= 11 is 0. The smallest absolute Gasteiger partial charge is 0.316 e. The molecule has 1 aliphatic rings. The summed E-state index contributed by atoms with van der Waals surface area (Å²) in [5.74, 6) is 1.34. The van der Waals surface area contributed by atoms with Gasteiger partial charge in [0.15, 0.2) is 5.54 Å². The molecule has 5 N–H and O–H groups in total. The molecule has 3 amide bonds. The normalized spacial score (nSPS) is 24.4. The maximum atomic E-state index is 12.4. The van der Waals surface area contributed by atoms with Crippen molar-refractivity contribution in [1.29, 1.82) is 0 Å². The number of β-amino-alcohol motifs (C(OH)–C–C–N with tert-alkyl or cyclic N) is 1. The van der Waals surface area contributed by atoms with Crippen LogP contribution in [0.25, 0.3) is 5.69 Å². The molecule has 1 aliphatic heterocycles. The summed E-state index contributed by atoms with van der Waals surface area (Å²) in [4.78, 5) is 37.3. The summed E-state index contributed by atoms with van der Waals surface area (Å²) < 4.78 is 1.42. The molecule has 1 aromatic carbocycles. The highest BCUT2D eigenvalue weighted by molar-refractivity contribution is 5.92. The summed E-state index contributed by atoms with van der Waals surface area (Å²) in [6.45, 7) is -0.318. The lowest BCUT2D eigenvalue weighted by Gasteiger charge is -2.34. The Kier molecular flexibility index (Phi) is 4.25. The van der Waals surface area contributed by atoms with Crippen LogP contribution < -0.4 is 17.0 Å². The highest BCUT2D eigenvalue weighted by atomic mass is 16.3. The molecule has 8 nitrogen and oxygen atoms in total. The predicted molar refractivity (Wildman–Crippen MR) is 97.6 cm³/mol. The van der Waals surface area contributed by atoms with Gasteiger partial charge in [-0.15, -0.1) is 6.42 Å². The van der Waals surface area contributed by atoms with Gasteiger partial charge < -0.3 is 21.5 Å². The van der Waals surface area contributed by atoms with Gasteiger partial charge in [0.05, 0.1) is 6.54 Å². The molecule has 2 heterocycles. The molecule has 2 aromatic rings. The number of urea groups is 1. The first kappa shape index (κ1) is 18.2. The van der Waals surface area contributed by atoms with Crippen LogP contribution in [0.1, 0.15) is 12.0 Å². The minimum atomic E-state index is -1.74. The molecule has 0 unspecified atom stereocenters. The molecule has 8 heteroatoms. The topological polar surface area (TPSA) is 132 Å². The van der Waals surface area contributed by atoms with E-state index in [1.54, 1.807) is 42.6 Å². The second-order valence-electron chi connectivity index (χ2n) is 6.46. The fraction of sp³-hybridized carbons (Fsp3) is 0.211. The van der Waals surface area contributed by atoms with Crippen LogP contribution in [0.5, 0.6) is 0 Å². The molecule has 0 aliphatic carbocycles. The summed E-state index contributed by atoms with van der Waals surface area (Å²) in [5.41, 5.74) is 8.28. The van der Waals surface area contributed by atoms with Crippen LogP contribution in [0, 0.1) is 12.3 Å². The highest BCUT2D eigenvalue weighted by Gasteiger charge is 2.58. The average molecular weight is 366 g/mol. The summed E-state index contributed by atoms with van der Waals surface area (Å²) in [7, 11) is 0. The quantitative estimate of drug-likeness (QED) is 0.642. The van der Waals surface area contributed by atoms with Crippen molar-refractivity contribution in [1.82, 2.24) is 9.47 Å². The predicted octanol–water partition coefficient (Wildman–Crippen LogP) is -0.333. The fourth-order valence-corrected chi connectivity index (χ4v) is 3.49. The Balaban J connectivity index is 2.12. The largest absolute Gasteiger partial charge is 0.376 e. The third kappa shape index (κ3) is 2.84. The lowest BCUT2D eigenvalue weighted by Crippen LogP contribution is -2.55. The number of terminal acetylenes is 1. The number of hydrogen-bond donors (Lipinski definition) is 3. The van der Waals surface area contributed by atoms with Gasteiger partial charge in [0.2, 0.25) is 5.91 Å². The maximum absolute atomic E-state index is 12.4. The third-order valence-electron chi connectivity index (χ3n) is 4.82. The van der Waals surface area contributed by atoms with E-state index in [1.165, 1.54) is 10.6 Å². The van der Waals surface area contributed by atoms with E-state index < -0.39 is 23.1 Å². The number of aromatic nitrogens is 1. The van der Waals surface area contributed by atoms with E-state index in [1.807, 2.05) is 0 Å². The zero-order chi connectivity index (χ0) is 19.8. The van der Waals surface area contributed by atoms with Crippen molar-refractivity contribution < 1.29 is 14.7 Å². The van der Waals surface area contributed by atoms with E-state index in [-0.39, 0.29) is 18.5 Å². The Labute approximate surface area is 155 Å².